The predicted octanol–water partition coefficient (Wildman–Crippen LogP) is 4.38. The third-order valence-electron chi connectivity index (χ3n) is 3.29. The lowest BCUT2D eigenvalue weighted by atomic mass is 10.1. The quantitative estimate of drug-likeness (QED) is 0.735. The Bertz CT molecular complexity index is 559. The van der Waals surface area contributed by atoms with Crippen LogP contribution in [-0.2, 0) is 6.42 Å². The van der Waals surface area contributed by atoms with Crippen molar-refractivity contribution in [1.82, 2.24) is 5.32 Å². The van der Waals surface area contributed by atoms with Gasteiger partial charge in [-0.25, -0.2) is 0 Å². The van der Waals surface area contributed by atoms with Crippen LogP contribution in [0.5, 0.6) is 5.75 Å². The summed E-state index contributed by atoms with van der Waals surface area (Å²) in [6.07, 6.45) is 0.997. The van der Waals surface area contributed by atoms with Gasteiger partial charge in [-0.15, -0.1) is 11.8 Å². The van der Waals surface area contributed by atoms with Gasteiger partial charge in [-0.2, -0.15) is 0 Å². The van der Waals surface area contributed by atoms with Crippen molar-refractivity contribution in [1.29, 1.82) is 0 Å². The molecule has 4 heteroatoms. The first kappa shape index (κ1) is 16.4. The largest absolute Gasteiger partial charge is 0.497 e. The van der Waals surface area contributed by atoms with E-state index < -0.39 is 0 Å². The van der Waals surface area contributed by atoms with Gasteiger partial charge in [-0.3, -0.25) is 0 Å². The fourth-order valence-electron chi connectivity index (χ4n) is 2.06. The van der Waals surface area contributed by atoms with E-state index >= 15 is 0 Å². The Kier molecular flexibility index (Phi) is 6.61. The summed E-state index contributed by atoms with van der Waals surface area (Å²) >= 11 is 5.34. The number of likely N-dealkylation sites (N-methyl/N-ethyl adjacent to an activating group) is 1. The van der Waals surface area contributed by atoms with Gasteiger partial charge in [0.2, 0.25) is 0 Å². The van der Waals surface area contributed by atoms with E-state index in [9.17, 15) is 0 Å². The van der Waals surface area contributed by atoms with Gasteiger partial charge < -0.3 is 10.1 Å². The molecule has 1 N–H and O–H groups in total. The Morgan fingerprint density at radius 2 is 1.95 bits per heavy atom. The molecule has 0 spiro atoms. The van der Waals surface area contributed by atoms with Gasteiger partial charge in [-0.05, 0) is 55.4 Å². The van der Waals surface area contributed by atoms with E-state index in [1.165, 1.54) is 10.5 Å². The number of halogens is 1. The third-order valence-corrected chi connectivity index (χ3v) is 4.99. The molecule has 0 saturated carbocycles. The van der Waals surface area contributed by atoms with Gasteiger partial charge in [0.05, 0.1) is 7.11 Å². The molecule has 0 saturated heterocycles. The molecule has 0 bridgehead atoms. The molecule has 1 atom stereocenters. The van der Waals surface area contributed by atoms with Gasteiger partial charge in [0, 0.05) is 21.2 Å². The maximum Gasteiger partial charge on any atom is 0.119 e. The lowest BCUT2D eigenvalue weighted by Gasteiger charge is -2.16. The second-order valence-corrected chi connectivity index (χ2v) is 6.82. The number of ether oxygens (including phenoxy) is 1. The molecule has 0 aromatic heterocycles. The number of hydrogen-bond acceptors (Lipinski definition) is 3. The van der Waals surface area contributed by atoms with E-state index in [2.05, 4.69) is 57.6 Å². The standard InChI is InChI=1S/C17H20BrNOS/c1-19-15(10-13-4-3-5-16(11-13)20-2)12-21-17-8-6-14(18)7-9-17/h3-9,11,15,19H,10,12H2,1-2H3. The zero-order chi connectivity index (χ0) is 15.1. The van der Waals surface area contributed by atoms with Crippen molar-refractivity contribution < 1.29 is 4.74 Å². The van der Waals surface area contributed by atoms with Crippen LogP contribution in [0.1, 0.15) is 5.56 Å². The Hall–Kier alpha value is -0.970. The minimum atomic E-state index is 0.436. The average Bonchev–Trinajstić information content (AvgIpc) is 2.53. The van der Waals surface area contributed by atoms with Crippen LogP contribution in [0, 0.1) is 0 Å². The van der Waals surface area contributed by atoms with Crippen molar-refractivity contribution in [3.8, 4) is 5.75 Å². The highest BCUT2D eigenvalue weighted by molar-refractivity contribution is 9.10. The van der Waals surface area contributed by atoms with Crippen LogP contribution in [0.25, 0.3) is 0 Å². The number of methoxy groups -OCH3 is 1. The Morgan fingerprint density at radius 3 is 2.62 bits per heavy atom. The zero-order valence-electron chi connectivity index (χ0n) is 12.3. The summed E-state index contributed by atoms with van der Waals surface area (Å²) in [4.78, 5) is 1.30. The van der Waals surface area contributed by atoms with E-state index in [4.69, 9.17) is 4.74 Å². The van der Waals surface area contributed by atoms with Crippen molar-refractivity contribution in [3.05, 3.63) is 58.6 Å². The second-order valence-electron chi connectivity index (χ2n) is 4.81. The maximum atomic E-state index is 5.28. The molecule has 0 aliphatic rings. The van der Waals surface area contributed by atoms with Gasteiger partial charge in [0.15, 0.2) is 0 Å². The maximum absolute atomic E-state index is 5.28. The highest BCUT2D eigenvalue weighted by Gasteiger charge is 2.09. The highest BCUT2D eigenvalue weighted by atomic mass is 79.9. The van der Waals surface area contributed by atoms with Crippen LogP contribution < -0.4 is 10.1 Å². The molecule has 0 fully saturated rings. The van der Waals surface area contributed by atoms with Crippen LogP contribution in [0.15, 0.2) is 57.9 Å². The van der Waals surface area contributed by atoms with E-state index in [1.807, 2.05) is 30.9 Å². The monoisotopic (exact) mass is 365 g/mol. The molecule has 2 rings (SSSR count). The molecule has 112 valence electrons. The van der Waals surface area contributed by atoms with Crippen LogP contribution in [0.4, 0.5) is 0 Å². The van der Waals surface area contributed by atoms with E-state index in [0.717, 1.165) is 22.4 Å². The molecule has 0 radical (unpaired) electrons. The van der Waals surface area contributed by atoms with Crippen LogP contribution in [0.2, 0.25) is 0 Å². The highest BCUT2D eigenvalue weighted by Crippen LogP contribution is 2.22. The predicted molar refractivity (Wildman–Crippen MR) is 94.4 cm³/mol. The Balaban J connectivity index is 1.91. The summed E-state index contributed by atoms with van der Waals surface area (Å²) in [5, 5.41) is 3.40. The fourth-order valence-corrected chi connectivity index (χ4v) is 3.33. The molecule has 1 unspecified atom stereocenters. The normalized spacial score (nSPS) is 12.1. The molecule has 0 heterocycles. The minimum absolute atomic E-state index is 0.436. The van der Waals surface area contributed by atoms with Crippen molar-refractivity contribution >= 4 is 27.7 Å². The summed E-state index contributed by atoms with van der Waals surface area (Å²) in [5.74, 6) is 1.96. The molecule has 2 aromatic rings. The smallest absolute Gasteiger partial charge is 0.119 e. The summed E-state index contributed by atoms with van der Waals surface area (Å²) in [7, 11) is 3.73. The van der Waals surface area contributed by atoms with Crippen molar-refractivity contribution in [2.24, 2.45) is 0 Å². The second kappa shape index (κ2) is 8.47. The average molecular weight is 366 g/mol. The van der Waals surface area contributed by atoms with Crippen molar-refractivity contribution in [2.45, 2.75) is 17.4 Å². The van der Waals surface area contributed by atoms with Crippen molar-refractivity contribution in [3.63, 3.8) is 0 Å². The summed E-state index contributed by atoms with van der Waals surface area (Å²) < 4.78 is 6.40. The topological polar surface area (TPSA) is 21.3 Å². The van der Waals surface area contributed by atoms with E-state index in [0.29, 0.717) is 6.04 Å². The summed E-state index contributed by atoms with van der Waals surface area (Å²) in [5.41, 5.74) is 1.30. The van der Waals surface area contributed by atoms with Crippen LogP contribution >= 0.6 is 27.7 Å². The van der Waals surface area contributed by atoms with Gasteiger partial charge in [0.25, 0.3) is 0 Å². The Labute approximate surface area is 139 Å². The first-order chi connectivity index (χ1) is 10.2. The fraction of sp³-hybridized carbons (Fsp3) is 0.294. The first-order valence-corrected chi connectivity index (χ1v) is 8.67. The number of hydrogen-bond donors (Lipinski definition) is 1. The molecule has 2 nitrogen and oxygen atoms in total. The lowest BCUT2D eigenvalue weighted by Crippen LogP contribution is -2.30. The van der Waals surface area contributed by atoms with Gasteiger partial charge in [0.1, 0.15) is 5.75 Å². The summed E-state index contributed by atoms with van der Waals surface area (Å²) in [6.45, 7) is 0. The Morgan fingerprint density at radius 1 is 1.19 bits per heavy atom. The van der Waals surface area contributed by atoms with Crippen molar-refractivity contribution in [2.75, 3.05) is 19.9 Å². The number of benzene rings is 2. The molecule has 0 aliphatic carbocycles. The van der Waals surface area contributed by atoms with Crippen LogP contribution in [-0.4, -0.2) is 26.0 Å². The van der Waals surface area contributed by atoms with Crippen LogP contribution in [0.3, 0.4) is 0 Å². The van der Waals surface area contributed by atoms with E-state index in [1.54, 1.807) is 7.11 Å². The SMILES string of the molecule is CNC(CSc1ccc(Br)cc1)Cc1cccc(OC)c1. The van der Waals surface area contributed by atoms with E-state index in [-0.39, 0.29) is 0 Å². The zero-order valence-corrected chi connectivity index (χ0v) is 14.7. The molecule has 0 aliphatic heterocycles. The van der Waals surface area contributed by atoms with Gasteiger partial charge >= 0.3 is 0 Å². The van der Waals surface area contributed by atoms with Gasteiger partial charge in [-0.1, -0.05) is 28.1 Å². The molecule has 0 amide bonds. The first-order valence-electron chi connectivity index (χ1n) is 6.90. The minimum Gasteiger partial charge on any atom is -0.497 e. The number of thioether (sulfide) groups is 1. The third kappa shape index (κ3) is 5.38. The molecule has 2 aromatic carbocycles. The molecular formula is C17H20BrNOS. The molecular weight excluding hydrogens is 346 g/mol. The lowest BCUT2D eigenvalue weighted by molar-refractivity contribution is 0.414. The number of rotatable bonds is 7. The summed E-state index contributed by atoms with van der Waals surface area (Å²) in [6, 6.07) is 17.2. The number of nitrogens with one attached hydrogen (secondary N) is 1. The molecule has 21 heavy (non-hydrogen) atoms.